The largest absolute Gasteiger partial charge is 0.392 e. The van der Waals surface area contributed by atoms with Crippen molar-refractivity contribution in [3.05, 3.63) is 35.4 Å². The van der Waals surface area contributed by atoms with Gasteiger partial charge in [-0.2, -0.15) is 0 Å². The lowest BCUT2D eigenvalue weighted by molar-refractivity contribution is -0.134. The van der Waals surface area contributed by atoms with Crippen molar-refractivity contribution in [1.82, 2.24) is 10.9 Å². The molecular formula is C13H18N2O3. The number of amides is 1. The Kier molecular flexibility index (Phi) is 4.30. The molecule has 1 saturated heterocycles. The second kappa shape index (κ2) is 5.95. The molecule has 1 amide bonds. The first-order valence-electron chi connectivity index (χ1n) is 6.11. The predicted octanol–water partition coefficient (Wildman–Crippen LogP) is -0.135. The fraction of sp³-hybridized carbons (Fsp3) is 0.462. The standard InChI is InChI=1S/C13H18N2O3/c16-8-10-3-1-2-9(6-10)4-5-11-7-12(17)13(18)15-14-11/h1-3,6,11-12,14,16-17H,4-5,7-8H2,(H,15,18). The molecule has 1 aromatic carbocycles. The second-order valence-corrected chi connectivity index (χ2v) is 4.60. The Morgan fingerprint density at radius 2 is 2.11 bits per heavy atom. The first kappa shape index (κ1) is 13.0. The minimum atomic E-state index is -0.917. The zero-order chi connectivity index (χ0) is 13.0. The van der Waals surface area contributed by atoms with Crippen molar-refractivity contribution in [3.8, 4) is 0 Å². The van der Waals surface area contributed by atoms with E-state index < -0.39 is 6.10 Å². The van der Waals surface area contributed by atoms with Crippen molar-refractivity contribution >= 4 is 5.91 Å². The van der Waals surface area contributed by atoms with Crippen LogP contribution in [0.4, 0.5) is 0 Å². The van der Waals surface area contributed by atoms with Crippen LogP contribution in [0.5, 0.6) is 0 Å². The summed E-state index contributed by atoms with van der Waals surface area (Å²) in [6.07, 6.45) is 1.19. The van der Waals surface area contributed by atoms with Gasteiger partial charge < -0.3 is 10.2 Å². The highest BCUT2D eigenvalue weighted by molar-refractivity contribution is 5.80. The molecule has 5 heteroatoms. The summed E-state index contributed by atoms with van der Waals surface area (Å²) in [7, 11) is 0. The van der Waals surface area contributed by atoms with Gasteiger partial charge in [0.25, 0.3) is 5.91 Å². The number of carbonyl (C=O) groups excluding carboxylic acids is 1. The van der Waals surface area contributed by atoms with E-state index in [9.17, 15) is 9.90 Å². The molecule has 1 aromatic rings. The Morgan fingerprint density at radius 3 is 2.83 bits per heavy atom. The monoisotopic (exact) mass is 250 g/mol. The first-order valence-corrected chi connectivity index (χ1v) is 6.11. The first-order chi connectivity index (χ1) is 8.69. The number of hydrogen-bond acceptors (Lipinski definition) is 4. The van der Waals surface area contributed by atoms with E-state index in [0.29, 0.717) is 6.42 Å². The number of carbonyl (C=O) groups is 1. The molecule has 2 unspecified atom stereocenters. The minimum Gasteiger partial charge on any atom is -0.392 e. The molecule has 98 valence electrons. The number of aliphatic hydroxyl groups is 2. The van der Waals surface area contributed by atoms with Crippen LogP contribution in [-0.2, 0) is 17.8 Å². The van der Waals surface area contributed by atoms with Crippen molar-refractivity contribution in [2.24, 2.45) is 0 Å². The van der Waals surface area contributed by atoms with Gasteiger partial charge in [-0.15, -0.1) is 0 Å². The highest BCUT2D eigenvalue weighted by Gasteiger charge is 2.25. The zero-order valence-electron chi connectivity index (χ0n) is 10.1. The van der Waals surface area contributed by atoms with Crippen LogP contribution in [0.2, 0.25) is 0 Å². The number of rotatable bonds is 4. The van der Waals surface area contributed by atoms with Crippen LogP contribution in [-0.4, -0.2) is 28.3 Å². The van der Waals surface area contributed by atoms with Gasteiger partial charge in [0.05, 0.1) is 6.61 Å². The van der Waals surface area contributed by atoms with Crippen molar-refractivity contribution in [3.63, 3.8) is 0 Å². The third-order valence-electron chi connectivity index (χ3n) is 3.17. The highest BCUT2D eigenvalue weighted by Crippen LogP contribution is 2.12. The van der Waals surface area contributed by atoms with E-state index >= 15 is 0 Å². The molecule has 1 aliphatic heterocycles. The molecule has 1 fully saturated rings. The SMILES string of the molecule is O=C1NNC(CCc2cccc(CO)c2)CC1O. The van der Waals surface area contributed by atoms with Crippen molar-refractivity contribution in [2.45, 2.75) is 38.0 Å². The maximum atomic E-state index is 11.0. The molecule has 1 heterocycles. The van der Waals surface area contributed by atoms with Crippen LogP contribution in [0.15, 0.2) is 24.3 Å². The Bertz CT molecular complexity index is 422. The summed E-state index contributed by atoms with van der Waals surface area (Å²) in [6, 6.07) is 7.86. The highest BCUT2D eigenvalue weighted by atomic mass is 16.3. The molecule has 0 bridgehead atoms. The summed E-state index contributed by atoms with van der Waals surface area (Å²) in [5.74, 6) is -0.367. The number of hydrazine groups is 1. The van der Waals surface area contributed by atoms with Gasteiger partial charge >= 0.3 is 0 Å². The molecule has 0 aromatic heterocycles. The van der Waals surface area contributed by atoms with Crippen LogP contribution >= 0.6 is 0 Å². The molecule has 4 N–H and O–H groups in total. The number of aliphatic hydroxyl groups excluding tert-OH is 2. The number of hydrogen-bond donors (Lipinski definition) is 4. The second-order valence-electron chi connectivity index (χ2n) is 4.60. The van der Waals surface area contributed by atoms with Crippen LogP contribution in [0.1, 0.15) is 24.0 Å². The lowest BCUT2D eigenvalue weighted by Gasteiger charge is -2.27. The normalized spacial score (nSPS) is 23.8. The lowest BCUT2D eigenvalue weighted by Crippen LogP contribution is -2.55. The smallest absolute Gasteiger partial charge is 0.262 e. The van der Waals surface area contributed by atoms with Crippen LogP contribution < -0.4 is 10.9 Å². The van der Waals surface area contributed by atoms with Crippen molar-refractivity contribution in [1.29, 1.82) is 0 Å². The lowest BCUT2D eigenvalue weighted by atomic mass is 9.98. The Balaban J connectivity index is 1.85. The van der Waals surface area contributed by atoms with Crippen molar-refractivity contribution in [2.75, 3.05) is 0 Å². The fourth-order valence-corrected chi connectivity index (χ4v) is 2.11. The quantitative estimate of drug-likeness (QED) is 0.600. The molecule has 2 atom stereocenters. The van der Waals surface area contributed by atoms with Gasteiger partial charge in [0.2, 0.25) is 0 Å². The number of nitrogens with one attached hydrogen (secondary N) is 2. The van der Waals surface area contributed by atoms with E-state index in [-0.39, 0.29) is 18.6 Å². The number of aryl methyl sites for hydroxylation is 1. The van der Waals surface area contributed by atoms with E-state index in [1.165, 1.54) is 0 Å². The number of benzene rings is 1. The summed E-state index contributed by atoms with van der Waals surface area (Å²) in [5.41, 5.74) is 7.40. The van der Waals surface area contributed by atoms with Gasteiger partial charge in [0.1, 0.15) is 6.10 Å². The van der Waals surface area contributed by atoms with E-state index in [0.717, 1.165) is 24.0 Å². The van der Waals surface area contributed by atoms with Gasteiger partial charge in [0.15, 0.2) is 0 Å². The average Bonchev–Trinajstić information content (AvgIpc) is 2.40. The third kappa shape index (κ3) is 3.29. The maximum absolute atomic E-state index is 11.0. The zero-order valence-corrected chi connectivity index (χ0v) is 10.1. The molecule has 0 radical (unpaired) electrons. The van der Waals surface area contributed by atoms with E-state index in [2.05, 4.69) is 10.9 Å². The average molecular weight is 250 g/mol. The molecule has 0 aliphatic carbocycles. The topological polar surface area (TPSA) is 81.6 Å². The molecule has 0 saturated carbocycles. The molecule has 18 heavy (non-hydrogen) atoms. The van der Waals surface area contributed by atoms with Crippen molar-refractivity contribution < 1.29 is 15.0 Å². The van der Waals surface area contributed by atoms with Gasteiger partial charge in [-0.3, -0.25) is 10.2 Å². The minimum absolute atomic E-state index is 0.0459. The van der Waals surface area contributed by atoms with Gasteiger partial charge in [-0.25, -0.2) is 5.43 Å². The summed E-state index contributed by atoms with van der Waals surface area (Å²) in [5, 5.41) is 18.5. The summed E-state index contributed by atoms with van der Waals surface area (Å²) in [4.78, 5) is 11.0. The van der Waals surface area contributed by atoms with Gasteiger partial charge in [0, 0.05) is 6.04 Å². The Morgan fingerprint density at radius 1 is 1.33 bits per heavy atom. The molecule has 1 aliphatic rings. The molecule has 2 rings (SSSR count). The van der Waals surface area contributed by atoms with E-state index in [1.807, 2.05) is 24.3 Å². The molecular weight excluding hydrogens is 232 g/mol. The summed E-state index contributed by atoms with van der Waals surface area (Å²) >= 11 is 0. The molecule has 5 nitrogen and oxygen atoms in total. The third-order valence-corrected chi connectivity index (χ3v) is 3.17. The van der Waals surface area contributed by atoms with Crippen LogP contribution in [0, 0.1) is 0 Å². The van der Waals surface area contributed by atoms with E-state index in [4.69, 9.17) is 5.11 Å². The maximum Gasteiger partial charge on any atom is 0.262 e. The summed E-state index contributed by atoms with van der Waals surface area (Å²) < 4.78 is 0. The van der Waals surface area contributed by atoms with Crippen LogP contribution in [0.3, 0.4) is 0 Å². The van der Waals surface area contributed by atoms with Gasteiger partial charge in [-0.05, 0) is 30.4 Å². The Hall–Kier alpha value is -1.43. The summed E-state index contributed by atoms with van der Waals surface area (Å²) in [6.45, 7) is 0.0459. The van der Waals surface area contributed by atoms with Crippen LogP contribution in [0.25, 0.3) is 0 Å². The predicted molar refractivity (Wildman–Crippen MR) is 66.4 cm³/mol. The molecule has 0 spiro atoms. The fourth-order valence-electron chi connectivity index (χ4n) is 2.11. The van der Waals surface area contributed by atoms with E-state index in [1.54, 1.807) is 0 Å². The van der Waals surface area contributed by atoms with Gasteiger partial charge in [-0.1, -0.05) is 24.3 Å². The Labute approximate surface area is 106 Å².